The number of rotatable bonds is 8. The third-order valence-corrected chi connectivity index (χ3v) is 8.33. The number of fused-ring (bicyclic) bond motifs is 2. The number of hydrogen-bond donors (Lipinski definition) is 2. The molecule has 11 heteroatoms. The fraction of sp³-hybridized carbons (Fsp3) is 0.381. The Balaban J connectivity index is 1.50. The number of nitrogens with one attached hydrogen (secondary N) is 2. The van der Waals surface area contributed by atoms with E-state index in [9.17, 15) is 8.42 Å². The van der Waals surface area contributed by atoms with Gasteiger partial charge in [-0.15, -0.1) is 22.9 Å². The number of hydrogen-bond acceptors (Lipinski definition) is 6. The zero-order valence-corrected chi connectivity index (χ0v) is 20.0. The summed E-state index contributed by atoms with van der Waals surface area (Å²) in [7, 11) is -2.35. The Morgan fingerprint density at radius 1 is 1.31 bits per heavy atom. The summed E-state index contributed by atoms with van der Waals surface area (Å²) in [6.45, 7) is 3.26. The van der Waals surface area contributed by atoms with Crippen LogP contribution in [0.25, 0.3) is 15.9 Å². The highest BCUT2D eigenvalue weighted by Crippen LogP contribution is 2.33. The molecule has 0 unspecified atom stereocenters. The first-order valence-corrected chi connectivity index (χ1v) is 13.3. The highest BCUT2D eigenvalue weighted by molar-refractivity contribution is 7.92. The Morgan fingerprint density at radius 3 is 2.88 bits per heavy atom. The maximum atomic E-state index is 13.3. The molecule has 32 heavy (non-hydrogen) atoms. The molecule has 0 bridgehead atoms. The Morgan fingerprint density at radius 2 is 2.12 bits per heavy atom. The van der Waals surface area contributed by atoms with Gasteiger partial charge in [0, 0.05) is 35.8 Å². The van der Waals surface area contributed by atoms with Crippen molar-refractivity contribution in [2.24, 2.45) is 0 Å². The van der Waals surface area contributed by atoms with Crippen LogP contribution >= 0.6 is 22.9 Å². The van der Waals surface area contributed by atoms with Crippen LogP contribution in [0, 0.1) is 0 Å². The first-order valence-electron chi connectivity index (χ1n) is 10.4. The summed E-state index contributed by atoms with van der Waals surface area (Å²) < 4.78 is 36.5. The molecule has 1 aromatic carbocycles. The molecule has 0 atom stereocenters. The molecule has 0 amide bonds. The molecular formula is C21H24ClN5O3S2. The number of ether oxygens (including phenoxy) is 1. The zero-order chi connectivity index (χ0) is 22.3. The van der Waals surface area contributed by atoms with Gasteiger partial charge in [0.2, 0.25) is 0 Å². The Hall–Kier alpha value is -2.27. The highest BCUT2D eigenvalue weighted by Gasteiger charge is 2.26. The molecule has 0 saturated carbocycles. The SMILES string of the molecule is COc1cc(NS(=O)(=O)c2c(CCl)nc3sccn23)cc2c(CCN3CCCC3)c[nH]c12. The Labute approximate surface area is 195 Å². The number of imidazole rings is 1. The second kappa shape index (κ2) is 8.58. The Kier molecular flexibility index (Phi) is 5.79. The molecule has 1 aliphatic heterocycles. The lowest BCUT2D eigenvalue weighted by molar-refractivity contribution is 0.344. The Bertz CT molecular complexity index is 1370. The number of likely N-dealkylation sites (tertiary alicyclic amines) is 1. The van der Waals surface area contributed by atoms with Crippen molar-refractivity contribution >= 4 is 54.5 Å². The van der Waals surface area contributed by atoms with Gasteiger partial charge in [-0.1, -0.05) is 0 Å². The number of aromatic nitrogens is 3. The van der Waals surface area contributed by atoms with E-state index in [-0.39, 0.29) is 10.9 Å². The maximum absolute atomic E-state index is 13.3. The minimum atomic E-state index is -3.93. The molecule has 0 spiro atoms. The predicted octanol–water partition coefficient (Wildman–Crippen LogP) is 4.06. The second-order valence-corrected chi connectivity index (χ2v) is 10.6. The molecule has 1 aliphatic rings. The van der Waals surface area contributed by atoms with Crippen LogP contribution in [0.15, 0.2) is 34.9 Å². The predicted molar refractivity (Wildman–Crippen MR) is 128 cm³/mol. The summed E-state index contributed by atoms with van der Waals surface area (Å²) in [6.07, 6.45) is 7.06. The third kappa shape index (κ3) is 3.85. The lowest BCUT2D eigenvalue weighted by Crippen LogP contribution is -2.21. The monoisotopic (exact) mass is 493 g/mol. The fourth-order valence-corrected chi connectivity index (χ4v) is 6.77. The molecule has 1 fully saturated rings. The van der Waals surface area contributed by atoms with Gasteiger partial charge in [0.05, 0.1) is 29.9 Å². The molecular weight excluding hydrogens is 470 g/mol. The van der Waals surface area contributed by atoms with Crippen LogP contribution in [0.1, 0.15) is 24.1 Å². The quantitative estimate of drug-likeness (QED) is 0.361. The van der Waals surface area contributed by atoms with Crippen molar-refractivity contribution in [2.75, 3.05) is 31.5 Å². The van der Waals surface area contributed by atoms with Crippen molar-refractivity contribution in [1.29, 1.82) is 0 Å². The van der Waals surface area contributed by atoms with E-state index >= 15 is 0 Å². The number of benzene rings is 1. The van der Waals surface area contributed by atoms with E-state index in [4.69, 9.17) is 16.3 Å². The van der Waals surface area contributed by atoms with Crippen LogP contribution in [0.5, 0.6) is 5.75 Å². The van der Waals surface area contributed by atoms with E-state index in [0.29, 0.717) is 22.1 Å². The van der Waals surface area contributed by atoms with E-state index in [0.717, 1.165) is 42.5 Å². The van der Waals surface area contributed by atoms with Crippen molar-refractivity contribution in [2.45, 2.75) is 30.2 Å². The lowest BCUT2D eigenvalue weighted by Gasteiger charge is -2.14. The van der Waals surface area contributed by atoms with E-state index in [1.165, 1.54) is 24.2 Å². The number of aromatic amines is 1. The summed E-state index contributed by atoms with van der Waals surface area (Å²) in [4.78, 5) is 10.7. The van der Waals surface area contributed by atoms with Gasteiger partial charge in [-0.25, -0.2) is 4.98 Å². The fourth-order valence-electron chi connectivity index (χ4n) is 4.35. The van der Waals surface area contributed by atoms with Gasteiger partial charge in [0.1, 0.15) is 5.75 Å². The van der Waals surface area contributed by atoms with E-state index in [1.807, 2.05) is 12.3 Å². The van der Waals surface area contributed by atoms with Crippen LogP contribution in [-0.2, 0) is 22.3 Å². The number of alkyl halides is 1. The summed E-state index contributed by atoms with van der Waals surface area (Å²) in [5.41, 5.74) is 2.75. The minimum Gasteiger partial charge on any atom is -0.494 e. The number of H-pyrrole nitrogens is 1. The lowest BCUT2D eigenvalue weighted by atomic mass is 10.1. The number of thiazole rings is 1. The molecule has 3 aromatic heterocycles. The zero-order valence-electron chi connectivity index (χ0n) is 17.6. The number of nitrogens with zero attached hydrogens (tertiary/aromatic N) is 3. The van der Waals surface area contributed by atoms with Crippen molar-refractivity contribution < 1.29 is 13.2 Å². The van der Waals surface area contributed by atoms with Gasteiger partial charge in [-0.05, 0) is 44.0 Å². The number of sulfonamides is 1. The molecule has 4 heterocycles. The maximum Gasteiger partial charge on any atom is 0.279 e. The second-order valence-electron chi connectivity index (χ2n) is 7.87. The van der Waals surface area contributed by atoms with Gasteiger partial charge < -0.3 is 14.6 Å². The molecule has 5 rings (SSSR count). The van der Waals surface area contributed by atoms with Crippen LogP contribution in [0.2, 0.25) is 0 Å². The van der Waals surface area contributed by atoms with Crippen LogP contribution in [0.3, 0.4) is 0 Å². The number of anilines is 1. The minimum absolute atomic E-state index is 0.00541. The van der Waals surface area contributed by atoms with Gasteiger partial charge in [0.15, 0.2) is 9.99 Å². The van der Waals surface area contributed by atoms with Crippen LogP contribution in [0.4, 0.5) is 5.69 Å². The summed E-state index contributed by atoms with van der Waals surface area (Å²) in [5, 5.41) is 2.81. The molecule has 170 valence electrons. The largest absolute Gasteiger partial charge is 0.494 e. The highest BCUT2D eigenvalue weighted by atomic mass is 35.5. The van der Waals surface area contributed by atoms with Crippen molar-refractivity contribution in [1.82, 2.24) is 19.3 Å². The molecule has 8 nitrogen and oxygen atoms in total. The van der Waals surface area contributed by atoms with E-state index in [2.05, 4.69) is 19.6 Å². The standard InChI is InChI=1S/C21H24ClN5O3S2/c1-30-18-11-15(10-16-14(13-23-19(16)18)4-7-26-5-2-3-6-26)25-32(28,29)20-17(12-22)24-21-27(20)8-9-31-21/h8-11,13,23,25H,2-7,12H2,1H3. The summed E-state index contributed by atoms with van der Waals surface area (Å²) in [6, 6.07) is 3.55. The molecule has 0 radical (unpaired) electrons. The van der Waals surface area contributed by atoms with Gasteiger partial charge in [-0.3, -0.25) is 9.12 Å². The first kappa shape index (κ1) is 21.6. The van der Waals surface area contributed by atoms with Gasteiger partial charge in [0.25, 0.3) is 10.0 Å². The van der Waals surface area contributed by atoms with Crippen molar-refractivity contribution in [3.8, 4) is 5.75 Å². The third-order valence-electron chi connectivity index (χ3n) is 5.87. The van der Waals surface area contributed by atoms with E-state index < -0.39 is 10.0 Å². The molecule has 4 aromatic rings. The average molecular weight is 494 g/mol. The topological polar surface area (TPSA) is 91.7 Å². The van der Waals surface area contributed by atoms with Crippen molar-refractivity contribution in [3.05, 3.63) is 41.2 Å². The molecule has 2 N–H and O–H groups in total. The van der Waals surface area contributed by atoms with Crippen molar-refractivity contribution in [3.63, 3.8) is 0 Å². The van der Waals surface area contributed by atoms with E-state index in [1.54, 1.807) is 29.2 Å². The number of halogens is 1. The van der Waals surface area contributed by atoms with Crippen LogP contribution < -0.4 is 9.46 Å². The van der Waals surface area contributed by atoms with Crippen LogP contribution in [-0.4, -0.2) is 54.4 Å². The van der Waals surface area contributed by atoms with Gasteiger partial charge >= 0.3 is 0 Å². The number of methoxy groups -OCH3 is 1. The molecule has 1 saturated heterocycles. The average Bonchev–Trinajstić information content (AvgIpc) is 3.54. The first-order chi connectivity index (χ1) is 15.5. The normalized spacial score (nSPS) is 15.2. The summed E-state index contributed by atoms with van der Waals surface area (Å²) >= 11 is 7.36. The van der Waals surface area contributed by atoms with Gasteiger partial charge in [-0.2, -0.15) is 8.42 Å². The summed E-state index contributed by atoms with van der Waals surface area (Å²) in [5.74, 6) is 0.588. The molecule has 0 aliphatic carbocycles. The smallest absolute Gasteiger partial charge is 0.279 e.